The predicted molar refractivity (Wildman–Crippen MR) is 69.8 cm³/mol. The zero-order valence-electron chi connectivity index (χ0n) is 9.73. The Morgan fingerprint density at radius 1 is 1.35 bits per heavy atom. The van der Waals surface area contributed by atoms with Crippen molar-refractivity contribution < 1.29 is 0 Å². The molecular formula is C13H14BrN3. The number of halogens is 1. The molecule has 0 aliphatic heterocycles. The van der Waals surface area contributed by atoms with E-state index in [1.807, 2.05) is 11.6 Å². The smallest absolute Gasteiger partial charge is 0.143 e. The summed E-state index contributed by atoms with van der Waals surface area (Å²) in [6, 6.07) is 8.55. The van der Waals surface area contributed by atoms with Gasteiger partial charge in [0.05, 0.1) is 5.41 Å². The number of rotatable bonds is 2. The second-order valence-electron chi connectivity index (χ2n) is 4.71. The Labute approximate surface area is 109 Å². The van der Waals surface area contributed by atoms with Gasteiger partial charge in [0.15, 0.2) is 0 Å². The summed E-state index contributed by atoms with van der Waals surface area (Å²) < 4.78 is 3.17. The van der Waals surface area contributed by atoms with Crippen molar-refractivity contribution in [1.82, 2.24) is 14.8 Å². The van der Waals surface area contributed by atoms with Gasteiger partial charge in [-0.1, -0.05) is 34.5 Å². The number of aryl methyl sites for hydroxylation is 1. The maximum Gasteiger partial charge on any atom is 0.143 e. The molecule has 1 aliphatic rings. The average Bonchev–Trinajstić information content (AvgIpc) is 2.64. The molecule has 88 valence electrons. The van der Waals surface area contributed by atoms with Gasteiger partial charge in [-0.25, -0.2) is 0 Å². The molecule has 1 saturated carbocycles. The first-order chi connectivity index (χ1) is 8.22. The Balaban J connectivity index is 2.12. The van der Waals surface area contributed by atoms with E-state index < -0.39 is 0 Å². The molecule has 1 aromatic heterocycles. The maximum absolute atomic E-state index is 4.31. The Morgan fingerprint density at radius 3 is 2.71 bits per heavy atom. The SMILES string of the molecule is Cn1cnnc1C1(c2cccc(Br)c2)CCC1. The lowest BCUT2D eigenvalue weighted by molar-refractivity contribution is 0.278. The lowest BCUT2D eigenvalue weighted by Crippen LogP contribution is -2.38. The molecule has 0 atom stereocenters. The zero-order chi connectivity index (χ0) is 11.9. The van der Waals surface area contributed by atoms with E-state index in [4.69, 9.17) is 0 Å². The van der Waals surface area contributed by atoms with Crippen LogP contribution >= 0.6 is 15.9 Å². The highest BCUT2D eigenvalue weighted by atomic mass is 79.9. The van der Waals surface area contributed by atoms with Gasteiger partial charge in [0.1, 0.15) is 12.2 Å². The quantitative estimate of drug-likeness (QED) is 0.851. The summed E-state index contributed by atoms with van der Waals surface area (Å²) >= 11 is 3.55. The molecular weight excluding hydrogens is 278 g/mol. The maximum atomic E-state index is 4.31. The van der Waals surface area contributed by atoms with Crippen LogP contribution in [0, 0.1) is 0 Å². The van der Waals surface area contributed by atoms with Crippen molar-refractivity contribution in [3.8, 4) is 0 Å². The monoisotopic (exact) mass is 291 g/mol. The van der Waals surface area contributed by atoms with Crippen LogP contribution in [0.1, 0.15) is 30.7 Å². The summed E-state index contributed by atoms with van der Waals surface area (Å²) in [4.78, 5) is 0. The van der Waals surface area contributed by atoms with E-state index in [-0.39, 0.29) is 5.41 Å². The van der Waals surface area contributed by atoms with Crippen molar-refractivity contribution >= 4 is 15.9 Å². The van der Waals surface area contributed by atoms with Gasteiger partial charge < -0.3 is 4.57 Å². The molecule has 2 aromatic rings. The summed E-state index contributed by atoms with van der Waals surface area (Å²) in [6.07, 6.45) is 5.37. The van der Waals surface area contributed by atoms with E-state index in [0.717, 1.165) is 23.1 Å². The van der Waals surface area contributed by atoms with Gasteiger partial charge in [-0.2, -0.15) is 0 Å². The van der Waals surface area contributed by atoms with Crippen LogP contribution in [-0.4, -0.2) is 14.8 Å². The van der Waals surface area contributed by atoms with Gasteiger partial charge in [-0.3, -0.25) is 0 Å². The van der Waals surface area contributed by atoms with Crippen molar-refractivity contribution in [3.63, 3.8) is 0 Å². The minimum absolute atomic E-state index is 0.0784. The Morgan fingerprint density at radius 2 is 2.18 bits per heavy atom. The minimum atomic E-state index is 0.0784. The first-order valence-corrected chi connectivity index (χ1v) is 6.62. The van der Waals surface area contributed by atoms with Crippen LogP contribution in [0.25, 0.3) is 0 Å². The fraction of sp³-hybridized carbons (Fsp3) is 0.385. The standard InChI is InChI=1S/C13H14BrN3/c1-17-9-15-16-12(17)13(6-3-7-13)10-4-2-5-11(14)8-10/h2,4-5,8-9H,3,6-7H2,1H3. The lowest BCUT2D eigenvalue weighted by atomic mass is 9.64. The van der Waals surface area contributed by atoms with Crippen LogP contribution in [0.2, 0.25) is 0 Å². The van der Waals surface area contributed by atoms with Gasteiger partial charge in [0.2, 0.25) is 0 Å². The van der Waals surface area contributed by atoms with Crippen LogP contribution in [0.3, 0.4) is 0 Å². The van der Waals surface area contributed by atoms with E-state index in [9.17, 15) is 0 Å². The van der Waals surface area contributed by atoms with Crippen LogP contribution in [0.4, 0.5) is 0 Å². The fourth-order valence-electron chi connectivity index (χ4n) is 2.67. The van der Waals surface area contributed by atoms with Gasteiger partial charge in [-0.15, -0.1) is 10.2 Å². The molecule has 17 heavy (non-hydrogen) atoms. The first kappa shape index (κ1) is 11.0. The predicted octanol–water partition coefficient (Wildman–Crippen LogP) is 3.05. The third-order valence-electron chi connectivity index (χ3n) is 3.72. The van der Waals surface area contributed by atoms with E-state index >= 15 is 0 Å². The molecule has 3 rings (SSSR count). The van der Waals surface area contributed by atoms with E-state index in [1.165, 1.54) is 12.0 Å². The molecule has 1 aromatic carbocycles. The molecule has 0 amide bonds. The second kappa shape index (κ2) is 3.95. The molecule has 4 heteroatoms. The minimum Gasteiger partial charge on any atom is -0.320 e. The molecule has 0 unspecified atom stereocenters. The van der Waals surface area contributed by atoms with Gasteiger partial charge in [0.25, 0.3) is 0 Å². The topological polar surface area (TPSA) is 30.7 Å². The number of benzene rings is 1. The highest BCUT2D eigenvalue weighted by Crippen LogP contribution is 2.48. The molecule has 0 radical (unpaired) electrons. The Kier molecular flexibility index (Phi) is 2.54. The molecule has 1 fully saturated rings. The number of nitrogens with zero attached hydrogens (tertiary/aromatic N) is 3. The van der Waals surface area contributed by atoms with Crippen LogP contribution in [0.5, 0.6) is 0 Å². The van der Waals surface area contributed by atoms with Crippen LogP contribution < -0.4 is 0 Å². The van der Waals surface area contributed by atoms with Crippen LogP contribution in [0.15, 0.2) is 35.1 Å². The largest absolute Gasteiger partial charge is 0.320 e. The summed E-state index contributed by atoms with van der Waals surface area (Å²) in [6.45, 7) is 0. The lowest BCUT2D eigenvalue weighted by Gasteiger charge is -2.41. The summed E-state index contributed by atoms with van der Waals surface area (Å²) in [5.74, 6) is 1.09. The van der Waals surface area contributed by atoms with Crippen molar-refractivity contribution in [2.24, 2.45) is 7.05 Å². The van der Waals surface area contributed by atoms with E-state index in [1.54, 1.807) is 6.33 Å². The molecule has 0 N–H and O–H groups in total. The highest BCUT2D eigenvalue weighted by molar-refractivity contribution is 9.10. The zero-order valence-corrected chi connectivity index (χ0v) is 11.3. The van der Waals surface area contributed by atoms with Crippen molar-refractivity contribution in [3.05, 3.63) is 46.5 Å². The Hall–Kier alpha value is -1.16. The average molecular weight is 292 g/mol. The van der Waals surface area contributed by atoms with Gasteiger partial charge in [-0.05, 0) is 30.5 Å². The number of aromatic nitrogens is 3. The van der Waals surface area contributed by atoms with Gasteiger partial charge in [0, 0.05) is 11.5 Å². The second-order valence-corrected chi connectivity index (χ2v) is 5.63. The Bertz CT molecular complexity index is 543. The number of hydrogen-bond donors (Lipinski definition) is 0. The molecule has 1 heterocycles. The highest BCUT2D eigenvalue weighted by Gasteiger charge is 2.43. The van der Waals surface area contributed by atoms with Crippen molar-refractivity contribution in [1.29, 1.82) is 0 Å². The molecule has 0 saturated heterocycles. The van der Waals surface area contributed by atoms with Gasteiger partial charge >= 0.3 is 0 Å². The number of hydrogen-bond acceptors (Lipinski definition) is 2. The molecule has 0 spiro atoms. The third kappa shape index (κ3) is 1.62. The summed E-state index contributed by atoms with van der Waals surface area (Å²) in [5, 5.41) is 8.33. The van der Waals surface area contributed by atoms with E-state index in [2.05, 4.69) is 50.4 Å². The third-order valence-corrected chi connectivity index (χ3v) is 4.22. The summed E-state index contributed by atoms with van der Waals surface area (Å²) in [7, 11) is 2.02. The molecule has 1 aliphatic carbocycles. The summed E-state index contributed by atoms with van der Waals surface area (Å²) in [5.41, 5.74) is 1.42. The molecule has 0 bridgehead atoms. The normalized spacial score (nSPS) is 17.8. The van der Waals surface area contributed by atoms with Crippen LogP contribution in [-0.2, 0) is 12.5 Å². The fourth-order valence-corrected chi connectivity index (χ4v) is 3.07. The van der Waals surface area contributed by atoms with E-state index in [0.29, 0.717) is 0 Å². The molecule has 3 nitrogen and oxygen atoms in total. The van der Waals surface area contributed by atoms with Crippen molar-refractivity contribution in [2.45, 2.75) is 24.7 Å². The van der Waals surface area contributed by atoms with Crippen molar-refractivity contribution in [2.75, 3.05) is 0 Å². The first-order valence-electron chi connectivity index (χ1n) is 5.83.